The highest BCUT2D eigenvalue weighted by molar-refractivity contribution is 6.06. The summed E-state index contributed by atoms with van der Waals surface area (Å²) in [5, 5.41) is 11.9. The van der Waals surface area contributed by atoms with E-state index in [0.717, 1.165) is 16.7 Å². The van der Waals surface area contributed by atoms with E-state index in [1.165, 1.54) is 0 Å². The number of carboxylic acids is 1. The second-order valence-electron chi connectivity index (χ2n) is 6.31. The van der Waals surface area contributed by atoms with E-state index in [4.69, 9.17) is 5.11 Å². The molecule has 0 bridgehead atoms. The molecule has 1 aromatic heterocycles. The van der Waals surface area contributed by atoms with E-state index >= 15 is 0 Å². The maximum atomic E-state index is 12.5. The first-order valence-corrected chi connectivity index (χ1v) is 8.57. The van der Waals surface area contributed by atoms with Gasteiger partial charge in [-0.3, -0.25) is 14.2 Å². The lowest BCUT2D eigenvalue weighted by Crippen LogP contribution is -2.18. The molecule has 0 saturated carbocycles. The summed E-state index contributed by atoms with van der Waals surface area (Å²) < 4.78 is 1.96. The summed E-state index contributed by atoms with van der Waals surface area (Å²) in [6.45, 7) is 0. The van der Waals surface area contributed by atoms with Gasteiger partial charge >= 0.3 is 5.97 Å². The summed E-state index contributed by atoms with van der Waals surface area (Å²) in [7, 11) is 0. The highest BCUT2D eigenvalue weighted by Crippen LogP contribution is 2.22. The molecule has 0 radical (unpaired) electrons. The van der Waals surface area contributed by atoms with Crippen LogP contribution in [0.25, 0.3) is 16.7 Å². The van der Waals surface area contributed by atoms with Crippen LogP contribution >= 0.6 is 0 Å². The van der Waals surface area contributed by atoms with E-state index < -0.39 is 11.9 Å². The van der Waals surface area contributed by atoms with Crippen molar-refractivity contribution in [3.05, 3.63) is 78.7 Å². The molecule has 6 nitrogen and oxygen atoms in total. The largest absolute Gasteiger partial charge is 0.481 e. The van der Waals surface area contributed by atoms with Gasteiger partial charge in [-0.2, -0.15) is 0 Å². The number of amides is 1. The van der Waals surface area contributed by atoms with E-state index in [1.807, 2.05) is 53.1 Å². The molecule has 27 heavy (non-hydrogen) atoms. The zero-order valence-electron chi connectivity index (χ0n) is 14.4. The highest BCUT2D eigenvalue weighted by atomic mass is 16.4. The molecule has 1 aliphatic carbocycles. The maximum absolute atomic E-state index is 12.5. The monoisotopic (exact) mass is 359 g/mol. The Kier molecular flexibility index (Phi) is 4.30. The van der Waals surface area contributed by atoms with Gasteiger partial charge in [0, 0.05) is 16.9 Å². The molecule has 1 unspecified atom stereocenters. The van der Waals surface area contributed by atoms with Crippen LogP contribution in [0.4, 0.5) is 5.69 Å². The summed E-state index contributed by atoms with van der Waals surface area (Å²) in [4.78, 5) is 27.8. The predicted molar refractivity (Wildman–Crippen MR) is 103 cm³/mol. The average molecular weight is 359 g/mol. The van der Waals surface area contributed by atoms with Crippen molar-refractivity contribution in [2.75, 3.05) is 5.32 Å². The van der Waals surface area contributed by atoms with Crippen molar-refractivity contribution >= 4 is 28.6 Å². The number of carbonyl (C=O) groups excluding carboxylic acids is 1. The second kappa shape index (κ2) is 6.92. The lowest BCUT2D eigenvalue weighted by molar-refractivity contribution is -0.140. The van der Waals surface area contributed by atoms with Gasteiger partial charge in [-0.15, -0.1) is 0 Å². The average Bonchev–Trinajstić information content (AvgIpc) is 3.12. The molecule has 1 heterocycles. The Morgan fingerprint density at radius 1 is 1.15 bits per heavy atom. The van der Waals surface area contributed by atoms with Gasteiger partial charge in [0.2, 0.25) is 0 Å². The fourth-order valence-electron chi connectivity index (χ4n) is 3.07. The summed E-state index contributed by atoms with van der Waals surface area (Å²) in [5.41, 5.74) is 3.90. The Labute approximate surface area is 155 Å². The first kappa shape index (κ1) is 16.8. The Morgan fingerprint density at radius 2 is 2.00 bits per heavy atom. The van der Waals surface area contributed by atoms with Crippen LogP contribution in [0.2, 0.25) is 0 Å². The fraction of sp³-hybridized carbons (Fsp3) is 0.0952. The quantitative estimate of drug-likeness (QED) is 0.746. The van der Waals surface area contributed by atoms with Gasteiger partial charge in [0.1, 0.15) is 6.33 Å². The van der Waals surface area contributed by atoms with E-state index in [0.29, 0.717) is 17.7 Å². The Hall–Kier alpha value is -3.67. The van der Waals surface area contributed by atoms with Gasteiger partial charge in [0.15, 0.2) is 0 Å². The Morgan fingerprint density at radius 3 is 2.78 bits per heavy atom. The molecule has 1 amide bonds. The molecule has 6 heteroatoms. The zero-order chi connectivity index (χ0) is 18.8. The van der Waals surface area contributed by atoms with Crippen LogP contribution < -0.4 is 5.32 Å². The number of anilines is 1. The SMILES string of the molecule is O=C(Nc1cccc(-n2cnc3ccccc32)c1)C1=CCC(C(=O)O)C=C1. The number of benzene rings is 2. The highest BCUT2D eigenvalue weighted by Gasteiger charge is 2.18. The van der Waals surface area contributed by atoms with Crippen LogP contribution in [0.1, 0.15) is 6.42 Å². The third-order valence-corrected chi connectivity index (χ3v) is 4.51. The number of imidazole rings is 1. The van der Waals surface area contributed by atoms with Crippen LogP contribution in [-0.2, 0) is 9.59 Å². The number of hydrogen-bond acceptors (Lipinski definition) is 3. The molecule has 2 N–H and O–H groups in total. The maximum Gasteiger partial charge on any atom is 0.310 e. The molecule has 4 rings (SSSR count). The summed E-state index contributed by atoms with van der Waals surface area (Å²) in [5.74, 6) is -1.72. The van der Waals surface area contributed by atoms with Crippen LogP contribution in [0.3, 0.4) is 0 Å². The molecule has 2 aromatic carbocycles. The van der Waals surface area contributed by atoms with Crippen molar-refractivity contribution in [3.63, 3.8) is 0 Å². The number of para-hydroxylation sites is 2. The smallest absolute Gasteiger partial charge is 0.310 e. The molecule has 0 fully saturated rings. The second-order valence-corrected chi connectivity index (χ2v) is 6.31. The van der Waals surface area contributed by atoms with E-state index in [-0.39, 0.29) is 5.91 Å². The van der Waals surface area contributed by atoms with E-state index in [2.05, 4.69) is 10.3 Å². The minimum absolute atomic E-state index is 0.261. The van der Waals surface area contributed by atoms with E-state index in [1.54, 1.807) is 24.6 Å². The van der Waals surface area contributed by atoms with Gasteiger partial charge < -0.3 is 10.4 Å². The van der Waals surface area contributed by atoms with Crippen molar-refractivity contribution in [2.45, 2.75) is 6.42 Å². The van der Waals surface area contributed by atoms with Crippen molar-refractivity contribution in [3.8, 4) is 5.69 Å². The number of carboxylic acid groups (broad SMARTS) is 1. The van der Waals surface area contributed by atoms with Crippen LogP contribution in [-0.4, -0.2) is 26.5 Å². The van der Waals surface area contributed by atoms with Crippen LogP contribution in [0, 0.1) is 5.92 Å². The number of aliphatic carboxylic acids is 1. The molecule has 1 aliphatic rings. The van der Waals surface area contributed by atoms with Crippen LogP contribution in [0.5, 0.6) is 0 Å². The standard InChI is InChI=1S/C21H17N3O3/c25-20(14-8-10-15(11-9-14)21(26)27)23-16-4-3-5-17(12-16)24-13-22-18-6-1-2-7-19(18)24/h1-10,12-13,15H,11H2,(H,23,25)(H,26,27). The van der Waals surface area contributed by atoms with Crippen molar-refractivity contribution in [1.82, 2.24) is 9.55 Å². The predicted octanol–water partition coefficient (Wildman–Crippen LogP) is 3.55. The summed E-state index contributed by atoms with van der Waals surface area (Å²) >= 11 is 0. The number of nitrogens with zero attached hydrogens (tertiary/aromatic N) is 2. The number of fused-ring (bicyclic) bond motifs is 1. The molecule has 3 aromatic rings. The minimum Gasteiger partial charge on any atom is -0.481 e. The lowest BCUT2D eigenvalue weighted by Gasteiger charge is -2.13. The van der Waals surface area contributed by atoms with Crippen molar-refractivity contribution in [1.29, 1.82) is 0 Å². The fourth-order valence-corrected chi connectivity index (χ4v) is 3.07. The van der Waals surface area contributed by atoms with Gasteiger partial charge in [-0.25, -0.2) is 4.98 Å². The molecule has 0 aliphatic heterocycles. The number of aromatic nitrogens is 2. The summed E-state index contributed by atoms with van der Waals surface area (Å²) in [6, 6.07) is 15.3. The number of carbonyl (C=O) groups is 2. The molecular weight excluding hydrogens is 342 g/mol. The third kappa shape index (κ3) is 3.37. The Bertz CT molecular complexity index is 1090. The first-order valence-electron chi connectivity index (χ1n) is 8.57. The number of nitrogens with one attached hydrogen (secondary N) is 1. The van der Waals surface area contributed by atoms with Gasteiger partial charge in [0.25, 0.3) is 5.91 Å². The molecular formula is C21H17N3O3. The topological polar surface area (TPSA) is 84.2 Å². The van der Waals surface area contributed by atoms with Gasteiger partial charge in [-0.1, -0.05) is 36.4 Å². The minimum atomic E-state index is -0.887. The molecule has 1 atom stereocenters. The zero-order valence-corrected chi connectivity index (χ0v) is 14.4. The molecule has 0 spiro atoms. The van der Waals surface area contributed by atoms with Gasteiger partial charge in [0.05, 0.1) is 17.0 Å². The van der Waals surface area contributed by atoms with Crippen LogP contribution in [0.15, 0.2) is 78.7 Å². The van der Waals surface area contributed by atoms with Gasteiger partial charge in [-0.05, 0) is 36.8 Å². The van der Waals surface area contributed by atoms with E-state index in [9.17, 15) is 9.59 Å². The lowest BCUT2D eigenvalue weighted by atomic mass is 9.96. The summed E-state index contributed by atoms with van der Waals surface area (Å²) in [6.07, 6.45) is 6.83. The Balaban J connectivity index is 1.54. The first-order chi connectivity index (χ1) is 13.1. The van der Waals surface area contributed by atoms with Crippen molar-refractivity contribution < 1.29 is 14.7 Å². The third-order valence-electron chi connectivity index (χ3n) is 4.51. The number of rotatable bonds is 4. The normalized spacial score (nSPS) is 16.1. The van der Waals surface area contributed by atoms with Crippen molar-refractivity contribution in [2.24, 2.45) is 5.92 Å². The number of hydrogen-bond donors (Lipinski definition) is 2. The molecule has 0 saturated heterocycles. The number of allylic oxidation sites excluding steroid dienone is 1. The molecule has 134 valence electrons.